The zero-order chi connectivity index (χ0) is 42.6. The van der Waals surface area contributed by atoms with E-state index < -0.39 is 28.6 Å². The van der Waals surface area contributed by atoms with E-state index in [1.165, 1.54) is 28.7 Å². The van der Waals surface area contributed by atoms with E-state index in [2.05, 4.69) is 98.0 Å². The van der Waals surface area contributed by atoms with Gasteiger partial charge in [-0.2, -0.15) is 0 Å². The number of hydrogen-bond acceptors (Lipinski definition) is 5. The smallest absolute Gasteiger partial charge is 0.140 e. The molecule has 0 N–H and O–H groups in total. The zero-order valence-corrected chi connectivity index (χ0v) is 37.4. The number of aryl methyl sites for hydroxylation is 2. The highest BCUT2D eigenvalue weighted by Gasteiger charge is 2.59. The van der Waals surface area contributed by atoms with Crippen LogP contribution in [0.5, 0.6) is 5.75 Å². The number of allylic oxidation sites excluding steroid dienone is 6. The SMILES string of the molecule is C=CC1CC1(CC(=O)C1CC(Oc2cc(C3=CCC(CC(C)C)=C3)cc3c(C)c(CCC(=C)C)ccc23)CC1C(=O)C(CC(=O)CC1CC2CC2C1)C(C)(C)C)C(C)=O. The molecule has 5 nitrogen and oxygen atoms in total. The molecule has 5 aliphatic carbocycles. The van der Waals surface area contributed by atoms with Gasteiger partial charge in [-0.25, -0.2) is 0 Å². The van der Waals surface area contributed by atoms with E-state index >= 15 is 4.79 Å². The number of rotatable bonds is 19. The minimum atomic E-state index is -0.729. The molecule has 4 fully saturated rings. The average molecular weight is 799 g/mol. The molecule has 5 heteroatoms. The predicted octanol–water partition coefficient (Wildman–Crippen LogP) is 12.6. The lowest BCUT2D eigenvalue weighted by Gasteiger charge is -2.33. The molecule has 0 aliphatic heterocycles. The fraction of sp³-hybridized carbons (Fsp3) is 0.593. The van der Waals surface area contributed by atoms with Gasteiger partial charge in [0.25, 0.3) is 0 Å². The second kappa shape index (κ2) is 16.9. The van der Waals surface area contributed by atoms with Gasteiger partial charge in [0.15, 0.2) is 0 Å². The van der Waals surface area contributed by atoms with Gasteiger partial charge >= 0.3 is 0 Å². The van der Waals surface area contributed by atoms with Crippen molar-refractivity contribution in [3.05, 3.63) is 83.5 Å². The molecular formula is C54H70O5. The number of hydrogen-bond donors (Lipinski definition) is 0. The number of Topliss-reactive ketones (excluding diaryl/α,β-unsaturated/α-hetero) is 4. The lowest BCUT2D eigenvalue weighted by atomic mass is 9.69. The molecule has 0 bridgehead atoms. The van der Waals surface area contributed by atoms with Crippen molar-refractivity contribution in [2.45, 2.75) is 145 Å². The standard InChI is InChI=1S/C54H70O5/c1-11-42-29-54(42,34(7)55)30-50(57)47-27-44(28-48(47)52(58)49(53(8,9)10)26-43(56)22-36-20-39-23-40(39)21-36)59-51-25-41(38-15-13-35(19-38)18-32(4)5)24-46-33(6)37(14-12-31(2)3)16-17-45(46)51/h11,15-17,19,24-25,32,36,39-40,42,44,47-49H,1-2,12-14,18,20-23,26-30H2,3-10H3. The monoisotopic (exact) mass is 799 g/mol. The van der Waals surface area contributed by atoms with Gasteiger partial charge in [0.1, 0.15) is 35.0 Å². The summed E-state index contributed by atoms with van der Waals surface area (Å²) in [6.07, 6.45) is 15.9. The van der Waals surface area contributed by atoms with E-state index in [9.17, 15) is 14.4 Å². The molecule has 0 aromatic heterocycles. The molecule has 8 atom stereocenters. The second-order valence-electron chi connectivity index (χ2n) is 21.3. The molecule has 0 spiro atoms. The van der Waals surface area contributed by atoms with E-state index in [1.54, 1.807) is 13.0 Å². The molecule has 0 heterocycles. The summed E-state index contributed by atoms with van der Waals surface area (Å²) >= 11 is 0. The summed E-state index contributed by atoms with van der Waals surface area (Å²) in [5.74, 6) is 1.87. The first-order valence-electron chi connectivity index (χ1n) is 22.9. The second-order valence-corrected chi connectivity index (χ2v) is 21.3. The highest BCUT2D eigenvalue weighted by molar-refractivity contribution is 5.98. The van der Waals surface area contributed by atoms with Gasteiger partial charge < -0.3 is 4.74 Å². The predicted molar refractivity (Wildman–Crippen MR) is 240 cm³/mol. The summed E-state index contributed by atoms with van der Waals surface area (Å²) in [5.41, 5.74) is 6.26. The summed E-state index contributed by atoms with van der Waals surface area (Å²) in [4.78, 5) is 56.4. The van der Waals surface area contributed by atoms with Crippen LogP contribution in [0.2, 0.25) is 0 Å². The first-order chi connectivity index (χ1) is 27.9. The quantitative estimate of drug-likeness (QED) is 0.132. The minimum absolute atomic E-state index is 0.00745. The Kier molecular flexibility index (Phi) is 12.4. The van der Waals surface area contributed by atoms with Gasteiger partial charge in [0, 0.05) is 47.8 Å². The lowest BCUT2D eigenvalue weighted by molar-refractivity contribution is -0.139. The Morgan fingerprint density at radius 1 is 0.966 bits per heavy atom. The van der Waals surface area contributed by atoms with Gasteiger partial charge in [-0.1, -0.05) is 76.1 Å². The Balaban J connectivity index is 1.21. The third-order valence-electron chi connectivity index (χ3n) is 15.1. The van der Waals surface area contributed by atoms with Crippen molar-refractivity contribution < 1.29 is 23.9 Å². The molecule has 0 radical (unpaired) electrons. The van der Waals surface area contributed by atoms with E-state index in [-0.39, 0.29) is 48.0 Å². The number of fused-ring (bicyclic) bond motifs is 2. The Morgan fingerprint density at radius 2 is 1.68 bits per heavy atom. The van der Waals surface area contributed by atoms with Crippen LogP contribution in [0.25, 0.3) is 16.3 Å². The first kappa shape index (κ1) is 43.2. The number of ether oxygens (including phenoxy) is 1. The van der Waals surface area contributed by atoms with Crippen LogP contribution < -0.4 is 4.74 Å². The molecule has 2 aromatic carbocycles. The summed E-state index contributed by atoms with van der Waals surface area (Å²) in [6, 6.07) is 8.85. The van der Waals surface area contributed by atoms with Crippen LogP contribution in [-0.4, -0.2) is 29.2 Å². The van der Waals surface area contributed by atoms with E-state index in [0.717, 1.165) is 78.0 Å². The van der Waals surface area contributed by atoms with Crippen LogP contribution in [0.1, 0.15) is 142 Å². The van der Waals surface area contributed by atoms with Gasteiger partial charge in [-0.15, -0.1) is 13.2 Å². The summed E-state index contributed by atoms with van der Waals surface area (Å²) in [7, 11) is 0. The van der Waals surface area contributed by atoms with Crippen LogP contribution in [0, 0.1) is 65.1 Å². The first-order valence-corrected chi connectivity index (χ1v) is 22.9. The molecule has 0 amide bonds. The van der Waals surface area contributed by atoms with Crippen molar-refractivity contribution in [1.29, 1.82) is 0 Å². The van der Waals surface area contributed by atoms with Crippen molar-refractivity contribution in [2.24, 2.45) is 58.2 Å². The largest absolute Gasteiger partial charge is 0.490 e. The Hall–Kier alpha value is -3.86. The fourth-order valence-electron chi connectivity index (χ4n) is 11.4. The van der Waals surface area contributed by atoms with Gasteiger partial charge in [0.2, 0.25) is 0 Å². The lowest BCUT2D eigenvalue weighted by Crippen LogP contribution is -2.38. The van der Waals surface area contributed by atoms with E-state index in [1.807, 2.05) is 0 Å². The van der Waals surface area contributed by atoms with Crippen molar-refractivity contribution in [1.82, 2.24) is 0 Å². The van der Waals surface area contributed by atoms with Crippen molar-refractivity contribution >= 4 is 39.5 Å². The fourth-order valence-corrected chi connectivity index (χ4v) is 11.4. The topological polar surface area (TPSA) is 77.5 Å². The van der Waals surface area contributed by atoms with Gasteiger partial charge in [-0.3, -0.25) is 19.2 Å². The van der Waals surface area contributed by atoms with Crippen LogP contribution >= 0.6 is 0 Å². The van der Waals surface area contributed by atoms with Crippen LogP contribution in [0.3, 0.4) is 0 Å². The minimum Gasteiger partial charge on any atom is -0.490 e. The number of carbonyl (C=O) groups is 4. The molecule has 5 aliphatic rings. The van der Waals surface area contributed by atoms with E-state index in [0.29, 0.717) is 37.5 Å². The number of ketones is 4. The highest BCUT2D eigenvalue weighted by Crippen LogP contribution is 2.58. The maximum Gasteiger partial charge on any atom is 0.140 e. The molecule has 59 heavy (non-hydrogen) atoms. The van der Waals surface area contributed by atoms with Crippen molar-refractivity contribution in [3.8, 4) is 5.75 Å². The molecule has 0 saturated heterocycles. The molecule has 7 rings (SSSR count). The Morgan fingerprint density at radius 3 is 2.31 bits per heavy atom. The summed E-state index contributed by atoms with van der Waals surface area (Å²) in [6.45, 7) is 24.7. The summed E-state index contributed by atoms with van der Waals surface area (Å²) < 4.78 is 7.10. The maximum atomic E-state index is 15.0. The van der Waals surface area contributed by atoms with Crippen molar-refractivity contribution in [3.63, 3.8) is 0 Å². The summed E-state index contributed by atoms with van der Waals surface area (Å²) in [5, 5.41) is 2.18. The molecule has 2 aromatic rings. The molecule has 8 unspecified atom stereocenters. The van der Waals surface area contributed by atoms with Crippen molar-refractivity contribution in [2.75, 3.05) is 0 Å². The van der Waals surface area contributed by atoms with Crippen LogP contribution in [0.15, 0.2) is 66.8 Å². The van der Waals surface area contributed by atoms with Gasteiger partial charge in [0.05, 0.1) is 0 Å². The number of carbonyl (C=O) groups excluding carboxylic acids is 4. The third kappa shape index (κ3) is 9.40. The third-order valence-corrected chi connectivity index (χ3v) is 15.1. The van der Waals surface area contributed by atoms with Gasteiger partial charge in [-0.05, 0) is 160 Å². The zero-order valence-electron chi connectivity index (χ0n) is 37.4. The van der Waals surface area contributed by atoms with Crippen LogP contribution in [0.4, 0.5) is 0 Å². The Bertz CT molecular complexity index is 2090. The maximum absolute atomic E-state index is 15.0. The molecule has 316 valence electrons. The average Bonchev–Trinajstić information content (AvgIpc) is 3.83. The molecular weight excluding hydrogens is 729 g/mol. The highest BCUT2D eigenvalue weighted by atomic mass is 16.5. The molecule has 4 saturated carbocycles. The number of benzene rings is 2. The Labute approximate surface area is 354 Å². The van der Waals surface area contributed by atoms with E-state index in [4.69, 9.17) is 4.74 Å². The van der Waals surface area contributed by atoms with Crippen LogP contribution in [-0.2, 0) is 25.6 Å². The normalized spacial score (nSPS) is 28.9.